The van der Waals surface area contributed by atoms with Gasteiger partial charge in [0, 0.05) is 10.9 Å². The molecule has 4 heteroatoms. The van der Waals surface area contributed by atoms with Crippen molar-refractivity contribution in [2.45, 2.75) is 12.8 Å². The van der Waals surface area contributed by atoms with E-state index in [4.69, 9.17) is 14.6 Å². The van der Waals surface area contributed by atoms with Crippen LogP contribution >= 0.6 is 0 Å². The van der Waals surface area contributed by atoms with E-state index < -0.39 is 0 Å². The van der Waals surface area contributed by atoms with Gasteiger partial charge in [0.2, 0.25) is 0 Å². The number of hydrogen-bond donors (Lipinski definition) is 2. The highest BCUT2D eigenvalue weighted by Crippen LogP contribution is 2.36. The molecule has 0 atom stereocenters. The first-order valence-corrected chi connectivity index (χ1v) is 6.28. The van der Waals surface area contributed by atoms with Crippen LogP contribution in [0.2, 0.25) is 0 Å². The molecule has 0 spiro atoms. The number of benzene rings is 1. The number of fused-ring (bicyclic) bond motifs is 1. The van der Waals surface area contributed by atoms with Gasteiger partial charge in [0.25, 0.3) is 0 Å². The van der Waals surface area contributed by atoms with E-state index in [-0.39, 0.29) is 5.75 Å². The molecular formula is C15H15NO3. The highest BCUT2D eigenvalue weighted by molar-refractivity contribution is 5.88. The van der Waals surface area contributed by atoms with Crippen LogP contribution in [0.3, 0.4) is 0 Å². The van der Waals surface area contributed by atoms with E-state index in [1.165, 1.54) is 0 Å². The first-order chi connectivity index (χ1) is 9.29. The zero-order valence-electron chi connectivity index (χ0n) is 10.4. The van der Waals surface area contributed by atoms with E-state index >= 15 is 0 Å². The number of aryl methyl sites for hydroxylation is 1. The number of phenols is 1. The van der Waals surface area contributed by atoms with Gasteiger partial charge in [-0.15, -0.1) is 0 Å². The summed E-state index contributed by atoms with van der Waals surface area (Å²) in [5.74, 6) is 1.65. The summed E-state index contributed by atoms with van der Waals surface area (Å²) in [7, 11) is 0. The summed E-state index contributed by atoms with van der Waals surface area (Å²) in [5, 5.41) is 10.5. The van der Waals surface area contributed by atoms with Crippen molar-refractivity contribution >= 4 is 11.0 Å². The largest absolute Gasteiger partial charge is 0.508 e. The van der Waals surface area contributed by atoms with Gasteiger partial charge in [-0.2, -0.15) is 0 Å². The molecule has 3 N–H and O–H groups in total. The van der Waals surface area contributed by atoms with Gasteiger partial charge in [-0.1, -0.05) is 0 Å². The predicted molar refractivity (Wildman–Crippen MR) is 73.0 cm³/mol. The molecule has 19 heavy (non-hydrogen) atoms. The molecule has 0 aliphatic heterocycles. The van der Waals surface area contributed by atoms with Crippen LogP contribution in [0.4, 0.5) is 0 Å². The second kappa shape index (κ2) is 4.82. The number of hydrogen-bond acceptors (Lipinski definition) is 4. The van der Waals surface area contributed by atoms with Crippen molar-refractivity contribution in [1.82, 2.24) is 0 Å². The molecule has 2 heterocycles. The summed E-state index contributed by atoms with van der Waals surface area (Å²) in [6.07, 6.45) is 3.27. The maximum atomic E-state index is 9.63. The fourth-order valence-electron chi connectivity index (χ4n) is 2.27. The average Bonchev–Trinajstić information content (AvgIpc) is 3.03. The number of aromatic hydroxyl groups is 1. The highest BCUT2D eigenvalue weighted by atomic mass is 16.4. The molecule has 3 aromatic rings. The fourth-order valence-corrected chi connectivity index (χ4v) is 2.27. The maximum absolute atomic E-state index is 9.63. The molecule has 0 aliphatic carbocycles. The monoisotopic (exact) mass is 257 g/mol. The summed E-state index contributed by atoms with van der Waals surface area (Å²) in [6.45, 7) is 0.614. The molecule has 0 radical (unpaired) electrons. The zero-order valence-corrected chi connectivity index (χ0v) is 10.4. The van der Waals surface area contributed by atoms with Crippen LogP contribution in [0.5, 0.6) is 5.75 Å². The van der Waals surface area contributed by atoms with Crippen LogP contribution in [0, 0.1) is 0 Å². The third kappa shape index (κ3) is 2.11. The minimum atomic E-state index is 0.230. The molecule has 98 valence electrons. The van der Waals surface area contributed by atoms with Crippen LogP contribution < -0.4 is 5.73 Å². The molecule has 3 rings (SSSR count). The molecular weight excluding hydrogens is 242 g/mol. The first-order valence-electron chi connectivity index (χ1n) is 6.28. The lowest BCUT2D eigenvalue weighted by Gasteiger charge is -2.00. The lowest BCUT2D eigenvalue weighted by molar-refractivity contribution is 0.476. The van der Waals surface area contributed by atoms with Gasteiger partial charge in [0.1, 0.15) is 11.3 Å². The first kappa shape index (κ1) is 11.9. The van der Waals surface area contributed by atoms with Crippen LogP contribution in [0.1, 0.15) is 12.0 Å². The summed E-state index contributed by atoms with van der Waals surface area (Å²) in [4.78, 5) is 0. The topological polar surface area (TPSA) is 72.5 Å². The van der Waals surface area contributed by atoms with Crippen molar-refractivity contribution in [3.8, 4) is 17.3 Å². The Hall–Kier alpha value is -2.20. The van der Waals surface area contributed by atoms with Crippen LogP contribution in [0.25, 0.3) is 22.5 Å². The lowest BCUT2D eigenvalue weighted by atomic mass is 10.0. The Balaban J connectivity index is 2.19. The quantitative estimate of drug-likeness (QED) is 0.752. The van der Waals surface area contributed by atoms with E-state index in [2.05, 4.69) is 0 Å². The van der Waals surface area contributed by atoms with E-state index in [0.717, 1.165) is 35.1 Å². The van der Waals surface area contributed by atoms with Gasteiger partial charge < -0.3 is 19.7 Å². The summed E-state index contributed by atoms with van der Waals surface area (Å²) < 4.78 is 11.3. The Morgan fingerprint density at radius 2 is 2.11 bits per heavy atom. The Kier molecular flexibility index (Phi) is 3.01. The van der Waals surface area contributed by atoms with Crippen molar-refractivity contribution in [2.75, 3.05) is 6.54 Å². The van der Waals surface area contributed by atoms with Gasteiger partial charge in [0.05, 0.1) is 6.26 Å². The Labute approximate surface area is 110 Å². The molecule has 2 aromatic heterocycles. The van der Waals surface area contributed by atoms with Crippen LogP contribution in [-0.2, 0) is 6.42 Å². The number of furan rings is 2. The van der Waals surface area contributed by atoms with Gasteiger partial charge in [-0.05, 0) is 49.7 Å². The van der Waals surface area contributed by atoms with Crippen LogP contribution in [0.15, 0.2) is 45.4 Å². The zero-order chi connectivity index (χ0) is 13.2. The second-order valence-corrected chi connectivity index (χ2v) is 4.46. The molecule has 1 aromatic carbocycles. The molecule has 0 unspecified atom stereocenters. The van der Waals surface area contributed by atoms with Crippen molar-refractivity contribution in [1.29, 1.82) is 0 Å². The van der Waals surface area contributed by atoms with E-state index in [9.17, 15) is 5.11 Å². The lowest BCUT2D eigenvalue weighted by Crippen LogP contribution is -2.00. The standard InChI is InChI=1S/C15H15NO3/c16-7-1-3-11-12-9-10(17)5-6-13(12)19-15(11)14-4-2-8-18-14/h2,4-6,8-9,17H,1,3,7,16H2. The van der Waals surface area contributed by atoms with E-state index in [1.807, 2.05) is 12.1 Å². The van der Waals surface area contributed by atoms with Gasteiger partial charge in [-0.3, -0.25) is 0 Å². The molecule has 0 saturated carbocycles. The molecule has 0 aliphatic rings. The van der Waals surface area contributed by atoms with Gasteiger partial charge >= 0.3 is 0 Å². The van der Waals surface area contributed by atoms with E-state index in [0.29, 0.717) is 12.3 Å². The Bertz CT molecular complexity index is 683. The van der Waals surface area contributed by atoms with Crippen molar-refractivity contribution in [3.63, 3.8) is 0 Å². The van der Waals surface area contributed by atoms with Crippen molar-refractivity contribution < 1.29 is 13.9 Å². The summed E-state index contributed by atoms with van der Waals surface area (Å²) in [5.41, 5.74) is 7.36. The number of rotatable bonds is 4. The van der Waals surface area contributed by atoms with Crippen molar-refractivity contribution in [2.24, 2.45) is 5.73 Å². The predicted octanol–water partition coefficient (Wildman–Crippen LogP) is 3.29. The van der Waals surface area contributed by atoms with Gasteiger partial charge in [-0.25, -0.2) is 0 Å². The highest BCUT2D eigenvalue weighted by Gasteiger charge is 2.17. The third-order valence-corrected chi connectivity index (χ3v) is 3.15. The molecule has 4 nitrogen and oxygen atoms in total. The molecule has 0 amide bonds. The SMILES string of the molecule is NCCCc1c(-c2ccco2)oc2ccc(O)cc12. The third-order valence-electron chi connectivity index (χ3n) is 3.15. The minimum Gasteiger partial charge on any atom is -0.508 e. The summed E-state index contributed by atoms with van der Waals surface area (Å²) >= 11 is 0. The fraction of sp³-hybridized carbons (Fsp3) is 0.200. The number of nitrogens with two attached hydrogens (primary N) is 1. The second-order valence-electron chi connectivity index (χ2n) is 4.46. The minimum absolute atomic E-state index is 0.230. The summed E-state index contributed by atoms with van der Waals surface area (Å²) in [6, 6.07) is 8.79. The van der Waals surface area contributed by atoms with Gasteiger partial charge in [0.15, 0.2) is 11.5 Å². The van der Waals surface area contributed by atoms with Crippen LogP contribution in [-0.4, -0.2) is 11.7 Å². The number of phenolic OH excluding ortho intramolecular Hbond substituents is 1. The molecule has 0 bridgehead atoms. The maximum Gasteiger partial charge on any atom is 0.173 e. The smallest absolute Gasteiger partial charge is 0.173 e. The normalized spacial score (nSPS) is 11.2. The van der Waals surface area contributed by atoms with E-state index in [1.54, 1.807) is 24.5 Å². The molecule has 0 fully saturated rings. The Morgan fingerprint density at radius 1 is 1.21 bits per heavy atom. The van der Waals surface area contributed by atoms with Crippen molar-refractivity contribution in [3.05, 3.63) is 42.2 Å². The molecule has 0 saturated heterocycles. The Morgan fingerprint density at radius 3 is 2.84 bits per heavy atom. The average molecular weight is 257 g/mol.